The molecule has 1 aromatic rings. The van der Waals surface area contributed by atoms with Crippen molar-refractivity contribution in [1.82, 2.24) is 9.80 Å². The quantitative estimate of drug-likeness (QED) is 0.562. The van der Waals surface area contributed by atoms with Gasteiger partial charge in [0.25, 0.3) is 0 Å². The summed E-state index contributed by atoms with van der Waals surface area (Å²) in [4.78, 5) is 15.7. The highest BCUT2D eigenvalue weighted by Gasteiger charge is 2.14. The molecule has 110 valence electrons. The van der Waals surface area contributed by atoms with E-state index >= 15 is 0 Å². The van der Waals surface area contributed by atoms with Gasteiger partial charge in [-0.15, -0.1) is 0 Å². The first-order valence-electron chi connectivity index (χ1n) is 7.44. The van der Waals surface area contributed by atoms with Crippen LogP contribution in [0.4, 0.5) is 0 Å². The Bertz CT molecular complexity index is 415. The number of carbonyl (C=O) groups is 1. The van der Waals surface area contributed by atoms with Crippen LogP contribution >= 0.6 is 0 Å². The zero-order chi connectivity index (χ0) is 14.2. The number of aldehydes is 1. The highest BCUT2D eigenvalue weighted by molar-refractivity contribution is 5.75. The van der Waals surface area contributed by atoms with Crippen LogP contribution in [0.2, 0.25) is 0 Å². The van der Waals surface area contributed by atoms with Crippen LogP contribution in [0, 0.1) is 0 Å². The van der Waals surface area contributed by atoms with Crippen molar-refractivity contribution < 1.29 is 9.53 Å². The van der Waals surface area contributed by atoms with Crippen molar-refractivity contribution in [2.75, 3.05) is 45.9 Å². The van der Waals surface area contributed by atoms with Gasteiger partial charge in [0, 0.05) is 38.3 Å². The van der Waals surface area contributed by atoms with Crippen LogP contribution in [0.15, 0.2) is 24.3 Å². The third-order valence-electron chi connectivity index (χ3n) is 3.79. The molecule has 4 nitrogen and oxygen atoms in total. The summed E-state index contributed by atoms with van der Waals surface area (Å²) in [5.41, 5.74) is 0.665. The van der Waals surface area contributed by atoms with Gasteiger partial charge in [0.2, 0.25) is 0 Å². The molecular weight excluding hydrogens is 252 g/mol. The van der Waals surface area contributed by atoms with Gasteiger partial charge in [0.05, 0.1) is 6.61 Å². The number of piperazine rings is 1. The Morgan fingerprint density at radius 1 is 1.20 bits per heavy atom. The van der Waals surface area contributed by atoms with Gasteiger partial charge >= 0.3 is 0 Å². The van der Waals surface area contributed by atoms with Gasteiger partial charge < -0.3 is 14.5 Å². The lowest BCUT2D eigenvalue weighted by Gasteiger charge is -2.33. The fourth-order valence-corrected chi connectivity index (χ4v) is 2.48. The third-order valence-corrected chi connectivity index (χ3v) is 3.79. The maximum absolute atomic E-state index is 10.7. The Morgan fingerprint density at radius 3 is 2.65 bits per heavy atom. The van der Waals surface area contributed by atoms with E-state index in [0.717, 1.165) is 44.6 Å². The minimum absolute atomic E-state index is 0.665. The molecule has 1 aliphatic rings. The van der Waals surface area contributed by atoms with Crippen LogP contribution in [0.3, 0.4) is 0 Å². The van der Waals surface area contributed by atoms with E-state index in [-0.39, 0.29) is 0 Å². The number of nitrogens with zero attached hydrogens (tertiary/aromatic N) is 2. The van der Waals surface area contributed by atoms with E-state index in [9.17, 15) is 4.79 Å². The second-order valence-corrected chi connectivity index (χ2v) is 5.17. The van der Waals surface area contributed by atoms with Crippen molar-refractivity contribution in [3.8, 4) is 5.75 Å². The van der Waals surface area contributed by atoms with Crippen LogP contribution in [0.25, 0.3) is 0 Å². The molecule has 20 heavy (non-hydrogen) atoms. The van der Waals surface area contributed by atoms with Gasteiger partial charge in [-0.2, -0.15) is 0 Å². The van der Waals surface area contributed by atoms with Crippen molar-refractivity contribution in [2.24, 2.45) is 0 Å². The predicted molar refractivity (Wildman–Crippen MR) is 80.5 cm³/mol. The molecule has 1 aromatic carbocycles. The SMILES string of the molecule is CCN1CCN(CCCOc2cccc(C=O)c2)CC1. The number of ether oxygens (including phenoxy) is 1. The Balaban J connectivity index is 1.63. The summed E-state index contributed by atoms with van der Waals surface area (Å²) < 4.78 is 5.69. The van der Waals surface area contributed by atoms with Crippen molar-refractivity contribution >= 4 is 6.29 Å². The second-order valence-electron chi connectivity index (χ2n) is 5.17. The summed E-state index contributed by atoms with van der Waals surface area (Å²) in [6, 6.07) is 7.32. The number of hydrogen-bond donors (Lipinski definition) is 0. The molecule has 0 N–H and O–H groups in total. The summed E-state index contributed by atoms with van der Waals surface area (Å²) in [5, 5.41) is 0. The van der Waals surface area contributed by atoms with Crippen LogP contribution in [0.5, 0.6) is 5.75 Å². The van der Waals surface area contributed by atoms with Gasteiger partial charge in [0.15, 0.2) is 0 Å². The molecule has 4 heteroatoms. The summed E-state index contributed by atoms with van der Waals surface area (Å²) in [6.07, 6.45) is 1.87. The average molecular weight is 276 g/mol. The molecule has 2 rings (SSSR count). The zero-order valence-electron chi connectivity index (χ0n) is 12.3. The third kappa shape index (κ3) is 4.62. The summed E-state index contributed by atoms with van der Waals surface area (Å²) in [6.45, 7) is 9.85. The van der Waals surface area contributed by atoms with E-state index in [1.807, 2.05) is 12.1 Å². The fraction of sp³-hybridized carbons (Fsp3) is 0.562. The number of likely N-dealkylation sites (N-methyl/N-ethyl adjacent to an activating group) is 1. The molecule has 0 spiro atoms. The monoisotopic (exact) mass is 276 g/mol. The van der Waals surface area contributed by atoms with E-state index in [1.165, 1.54) is 13.1 Å². The highest BCUT2D eigenvalue weighted by atomic mass is 16.5. The van der Waals surface area contributed by atoms with Crippen LogP contribution in [0.1, 0.15) is 23.7 Å². The maximum atomic E-state index is 10.7. The number of hydrogen-bond acceptors (Lipinski definition) is 4. The van der Waals surface area contributed by atoms with Crippen molar-refractivity contribution in [1.29, 1.82) is 0 Å². The summed E-state index contributed by atoms with van der Waals surface area (Å²) >= 11 is 0. The number of rotatable bonds is 7. The minimum atomic E-state index is 0.665. The van der Waals surface area contributed by atoms with Crippen molar-refractivity contribution in [2.45, 2.75) is 13.3 Å². The summed E-state index contributed by atoms with van der Waals surface area (Å²) in [7, 11) is 0. The Morgan fingerprint density at radius 2 is 1.95 bits per heavy atom. The highest BCUT2D eigenvalue weighted by Crippen LogP contribution is 2.12. The topological polar surface area (TPSA) is 32.8 Å². The Kier molecular flexibility index (Phi) is 6.02. The summed E-state index contributed by atoms with van der Waals surface area (Å²) in [5.74, 6) is 0.783. The van der Waals surface area contributed by atoms with E-state index in [2.05, 4.69) is 16.7 Å². The van der Waals surface area contributed by atoms with Crippen LogP contribution < -0.4 is 4.74 Å². The van der Waals surface area contributed by atoms with Crippen LogP contribution in [-0.4, -0.2) is 62.0 Å². The molecule has 1 heterocycles. The first-order valence-corrected chi connectivity index (χ1v) is 7.44. The molecule has 0 saturated carbocycles. The van der Waals surface area contributed by atoms with Gasteiger partial charge in [-0.1, -0.05) is 19.1 Å². The molecule has 0 amide bonds. The molecule has 0 bridgehead atoms. The first-order chi connectivity index (χ1) is 9.81. The zero-order valence-corrected chi connectivity index (χ0v) is 12.3. The minimum Gasteiger partial charge on any atom is -0.494 e. The normalized spacial score (nSPS) is 17.1. The molecule has 1 fully saturated rings. The predicted octanol–water partition coefficient (Wildman–Crippen LogP) is 1.91. The second kappa shape index (κ2) is 8.02. The fourth-order valence-electron chi connectivity index (χ4n) is 2.48. The lowest BCUT2D eigenvalue weighted by Crippen LogP contribution is -2.46. The number of carbonyl (C=O) groups excluding carboxylic acids is 1. The van der Waals surface area contributed by atoms with Gasteiger partial charge in [-0.25, -0.2) is 0 Å². The number of benzene rings is 1. The van der Waals surface area contributed by atoms with Gasteiger partial charge in [-0.3, -0.25) is 4.79 Å². The Hall–Kier alpha value is -1.39. The van der Waals surface area contributed by atoms with Crippen molar-refractivity contribution in [3.63, 3.8) is 0 Å². The Labute approximate surface area is 121 Å². The molecule has 0 radical (unpaired) electrons. The average Bonchev–Trinajstić information content (AvgIpc) is 2.52. The first kappa shape index (κ1) is 15.0. The van der Waals surface area contributed by atoms with Gasteiger partial charge in [-0.05, 0) is 25.1 Å². The van der Waals surface area contributed by atoms with E-state index in [4.69, 9.17) is 4.74 Å². The smallest absolute Gasteiger partial charge is 0.150 e. The lowest BCUT2D eigenvalue weighted by molar-refractivity contribution is 0.112. The van der Waals surface area contributed by atoms with Crippen molar-refractivity contribution in [3.05, 3.63) is 29.8 Å². The van der Waals surface area contributed by atoms with Gasteiger partial charge in [0.1, 0.15) is 12.0 Å². The molecule has 1 aliphatic heterocycles. The molecule has 0 unspecified atom stereocenters. The van der Waals surface area contributed by atoms with E-state index in [1.54, 1.807) is 12.1 Å². The maximum Gasteiger partial charge on any atom is 0.150 e. The molecule has 0 aromatic heterocycles. The largest absolute Gasteiger partial charge is 0.494 e. The standard InChI is InChI=1S/C16H24N2O2/c1-2-17-8-10-18(11-9-17)7-4-12-20-16-6-3-5-15(13-16)14-19/h3,5-6,13-14H,2,4,7-12H2,1H3. The van der Waals surface area contributed by atoms with E-state index < -0.39 is 0 Å². The molecule has 1 saturated heterocycles. The lowest BCUT2D eigenvalue weighted by atomic mass is 10.2. The molecule has 0 atom stereocenters. The molecule has 0 aliphatic carbocycles. The molecular formula is C16H24N2O2. The van der Waals surface area contributed by atoms with E-state index in [0.29, 0.717) is 12.2 Å². The van der Waals surface area contributed by atoms with Crippen LogP contribution in [-0.2, 0) is 0 Å².